The second kappa shape index (κ2) is 8.65. The van der Waals surface area contributed by atoms with Crippen LogP contribution in [0.15, 0.2) is 30.3 Å². The molecule has 1 aromatic carbocycles. The van der Waals surface area contributed by atoms with E-state index in [4.69, 9.17) is 4.74 Å². The van der Waals surface area contributed by atoms with E-state index < -0.39 is 5.60 Å². The molecule has 4 heterocycles. The number of benzene rings is 1. The maximum Gasteiger partial charge on any atom is 0.410 e. The Kier molecular flexibility index (Phi) is 6.16. The van der Waals surface area contributed by atoms with E-state index in [0.29, 0.717) is 12.1 Å². The summed E-state index contributed by atoms with van der Waals surface area (Å²) in [5.74, 6) is 0.779. The van der Waals surface area contributed by atoms with Gasteiger partial charge in [0.1, 0.15) is 5.60 Å². The number of fused-ring (bicyclic) bond motifs is 4. The van der Waals surface area contributed by atoms with Gasteiger partial charge < -0.3 is 9.64 Å². The molecule has 5 nitrogen and oxygen atoms in total. The molecule has 0 spiro atoms. The molecule has 4 fully saturated rings. The Morgan fingerprint density at radius 2 is 1.69 bits per heavy atom. The highest BCUT2D eigenvalue weighted by atomic mass is 16.6. The maximum absolute atomic E-state index is 12.4. The van der Waals surface area contributed by atoms with Gasteiger partial charge in [0.2, 0.25) is 0 Å². The van der Waals surface area contributed by atoms with Crippen LogP contribution in [0, 0.1) is 5.92 Å². The van der Waals surface area contributed by atoms with Gasteiger partial charge in [0.25, 0.3) is 0 Å². The number of likely N-dealkylation sites (tertiary alicyclic amines) is 1. The van der Waals surface area contributed by atoms with Gasteiger partial charge in [-0.05, 0) is 57.9 Å². The largest absolute Gasteiger partial charge is 0.444 e. The van der Waals surface area contributed by atoms with E-state index in [2.05, 4.69) is 40.1 Å². The zero-order chi connectivity index (χ0) is 20.4. The van der Waals surface area contributed by atoms with E-state index in [-0.39, 0.29) is 6.09 Å². The zero-order valence-corrected chi connectivity index (χ0v) is 18.3. The standard InChI is InChI=1S/C24H37N3O2/c1-24(2,3)29-23(28)26-13-11-21(12-14-26)27-17-20-9-10-22(27)18-25(16-20)15-19-7-5-4-6-8-19/h4-8,20-22H,9-18H2,1-3H3. The summed E-state index contributed by atoms with van der Waals surface area (Å²) >= 11 is 0. The molecule has 0 saturated carbocycles. The number of rotatable bonds is 3. The Morgan fingerprint density at radius 3 is 2.38 bits per heavy atom. The van der Waals surface area contributed by atoms with Gasteiger partial charge in [0.05, 0.1) is 0 Å². The third-order valence-corrected chi connectivity index (χ3v) is 6.67. The number of amides is 1. The summed E-state index contributed by atoms with van der Waals surface area (Å²) in [7, 11) is 0. The summed E-state index contributed by atoms with van der Waals surface area (Å²) in [6.07, 6.45) is 4.68. The molecule has 5 heteroatoms. The molecule has 1 aromatic rings. The number of ether oxygens (including phenoxy) is 1. The first kappa shape index (κ1) is 20.7. The molecule has 5 rings (SSSR count). The van der Waals surface area contributed by atoms with Crippen molar-refractivity contribution in [2.45, 2.75) is 70.7 Å². The SMILES string of the molecule is CC(C)(C)OC(=O)N1CCC(N2CC3CCC2CN(Cc2ccccc2)C3)CC1. The van der Waals surface area contributed by atoms with Crippen LogP contribution in [0.25, 0.3) is 0 Å². The molecule has 0 aromatic heterocycles. The minimum atomic E-state index is -0.417. The number of nitrogens with zero attached hydrogens (tertiary/aromatic N) is 3. The lowest BCUT2D eigenvalue weighted by Crippen LogP contribution is -2.54. The molecular formula is C24H37N3O2. The molecule has 0 radical (unpaired) electrons. The second-order valence-electron chi connectivity index (χ2n) is 10.2. The summed E-state index contributed by atoms with van der Waals surface area (Å²) < 4.78 is 5.56. The Morgan fingerprint density at radius 1 is 0.966 bits per heavy atom. The summed E-state index contributed by atoms with van der Waals surface area (Å²) in [5.41, 5.74) is 1.01. The van der Waals surface area contributed by atoms with Gasteiger partial charge in [-0.1, -0.05) is 30.3 Å². The fraction of sp³-hybridized carbons (Fsp3) is 0.708. The van der Waals surface area contributed by atoms with Crippen molar-refractivity contribution in [2.75, 3.05) is 32.7 Å². The first-order chi connectivity index (χ1) is 13.9. The quantitative estimate of drug-likeness (QED) is 0.770. The minimum Gasteiger partial charge on any atom is -0.444 e. The lowest BCUT2D eigenvalue weighted by atomic mass is 9.91. The van der Waals surface area contributed by atoms with Crippen molar-refractivity contribution >= 4 is 6.09 Å². The molecule has 2 unspecified atom stereocenters. The summed E-state index contributed by atoms with van der Waals surface area (Å²) in [6, 6.07) is 12.2. The molecular weight excluding hydrogens is 362 g/mol. The predicted octanol–water partition coefficient (Wildman–Crippen LogP) is 3.98. The van der Waals surface area contributed by atoms with E-state index in [9.17, 15) is 4.79 Å². The average molecular weight is 400 g/mol. The summed E-state index contributed by atoms with van der Waals surface area (Å²) in [6.45, 7) is 12.1. The highest BCUT2D eigenvalue weighted by Gasteiger charge is 2.39. The van der Waals surface area contributed by atoms with Crippen LogP contribution >= 0.6 is 0 Å². The molecule has 2 atom stereocenters. The van der Waals surface area contributed by atoms with Crippen molar-refractivity contribution in [3.8, 4) is 0 Å². The average Bonchev–Trinajstić information content (AvgIpc) is 2.98. The van der Waals surface area contributed by atoms with E-state index >= 15 is 0 Å². The van der Waals surface area contributed by atoms with Crippen LogP contribution in [-0.2, 0) is 11.3 Å². The summed E-state index contributed by atoms with van der Waals surface area (Å²) in [5, 5.41) is 0. The smallest absolute Gasteiger partial charge is 0.410 e. The van der Waals surface area contributed by atoms with Gasteiger partial charge in [0, 0.05) is 51.4 Å². The highest BCUT2D eigenvalue weighted by Crippen LogP contribution is 2.33. The lowest BCUT2D eigenvalue weighted by Gasteiger charge is -2.45. The fourth-order valence-corrected chi connectivity index (χ4v) is 5.34. The van der Waals surface area contributed by atoms with Crippen LogP contribution in [0.3, 0.4) is 0 Å². The topological polar surface area (TPSA) is 36.0 Å². The molecule has 4 aliphatic rings. The van der Waals surface area contributed by atoms with Crippen molar-refractivity contribution in [1.82, 2.24) is 14.7 Å². The van der Waals surface area contributed by atoms with E-state index in [1.807, 2.05) is 25.7 Å². The Bertz CT molecular complexity index is 679. The van der Waals surface area contributed by atoms with Gasteiger partial charge >= 0.3 is 6.09 Å². The molecule has 4 aliphatic heterocycles. The molecule has 0 N–H and O–H groups in total. The molecule has 2 bridgehead atoms. The number of carbonyl (C=O) groups is 1. The Labute approximate surface area is 176 Å². The van der Waals surface area contributed by atoms with Crippen molar-refractivity contribution < 1.29 is 9.53 Å². The van der Waals surface area contributed by atoms with Crippen LogP contribution in [0.2, 0.25) is 0 Å². The molecule has 4 saturated heterocycles. The van der Waals surface area contributed by atoms with Crippen LogP contribution in [0.5, 0.6) is 0 Å². The van der Waals surface area contributed by atoms with E-state index in [0.717, 1.165) is 38.4 Å². The van der Waals surface area contributed by atoms with Crippen molar-refractivity contribution in [3.63, 3.8) is 0 Å². The second-order valence-corrected chi connectivity index (χ2v) is 10.2. The number of hydrogen-bond acceptors (Lipinski definition) is 4. The molecule has 1 amide bonds. The normalized spacial score (nSPS) is 27.1. The summed E-state index contributed by atoms with van der Waals surface area (Å²) in [4.78, 5) is 19.8. The molecule has 0 aliphatic carbocycles. The Balaban J connectivity index is 1.33. The lowest BCUT2D eigenvalue weighted by molar-refractivity contribution is 0.00536. The third-order valence-electron chi connectivity index (χ3n) is 6.67. The first-order valence-corrected chi connectivity index (χ1v) is 11.4. The number of carbonyl (C=O) groups excluding carboxylic acids is 1. The van der Waals surface area contributed by atoms with Crippen LogP contribution in [0.1, 0.15) is 52.0 Å². The molecule has 29 heavy (non-hydrogen) atoms. The van der Waals surface area contributed by atoms with E-state index in [1.54, 1.807) is 0 Å². The van der Waals surface area contributed by atoms with Crippen LogP contribution < -0.4 is 0 Å². The predicted molar refractivity (Wildman–Crippen MR) is 116 cm³/mol. The molecule has 160 valence electrons. The van der Waals surface area contributed by atoms with Gasteiger partial charge in [-0.2, -0.15) is 0 Å². The fourth-order valence-electron chi connectivity index (χ4n) is 5.34. The van der Waals surface area contributed by atoms with Crippen LogP contribution in [0.4, 0.5) is 4.79 Å². The number of piperidine rings is 2. The minimum absolute atomic E-state index is 0.151. The van der Waals surface area contributed by atoms with Gasteiger partial charge in [0.15, 0.2) is 0 Å². The number of hydrogen-bond donors (Lipinski definition) is 0. The maximum atomic E-state index is 12.4. The van der Waals surface area contributed by atoms with Crippen molar-refractivity contribution in [1.29, 1.82) is 0 Å². The van der Waals surface area contributed by atoms with E-state index in [1.165, 1.54) is 38.0 Å². The highest BCUT2D eigenvalue weighted by molar-refractivity contribution is 5.68. The van der Waals surface area contributed by atoms with Crippen molar-refractivity contribution in [2.24, 2.45) is 5.92 Å². The van der Waals surface area contributed by atoms with Gasteiger partial charge in [-0.3, -0.25) is 9.80 Å². The monoisotopic (exact) mass is 399 g/mol. The van der Waals surface area contributed by atoms with Crippen LogP contribution in [-0.4, -0.2) is 71.2 Å². The Hall–Kier alpha value is -1.59. The third kappa shape index (κ3) is 5.32. The first-order valence-electron chi connectivity index (χ1n) is 11.4. The van der Waals surface area contributed by atoms with Crippen molar-refractivity contribution in [3.05, 3.63) is 35.9 Å². The van der Waals surface area contributed by atoms with Gasteiger partial charge in [-0.15, -0.1) is 0 Å². The van der Waals surface area contributed by atoms with Gasteiger partial charge in [-0.25, -0.2) is 4.79 Å². The zero-order valence-electron chi connectivity index (χ0n) is 18.3.